The molecule has 0 bridgehead atoms. The van der Waals surface area contributed by atoms with E-state index in [1.165, 1.54) is 11.3 Å². The van der Waals surface area contributed by atoms with Gasteiger partial charge < -0.3 is 10.2 Å². The van der Waals surface area contributed by atoms with Crippen molar-refractivity contribution < 1.29 is 15.0 Å². The third-order valence-corrected chi connectivity index (χ3v) is 6.15. The fraction of sp³-hybridized carbons (Fsp3) is 0.611. The van der Waals surface area contributed by atoms with E-state index in [0.717, 1.165) is 37.0 Å². The van der Waals surface area contributed by atoms with Crippen LogP contribution in [0.3, 0.4) is 0 Å². The summed E-state index contributed by atoms with van der Waals surface area (Å²) in [7, 11) is 0. The van der Waals surface area contributed by atoms with Gasteiger partial charge in [0.25, 0.3) is 0 Å². The lowest BCUT2D eigenvalue weighted by atomic mass is 9.89. The van der Waals surface area contributed by atoms with Crippen molar-refractivity contribution in [2.24, 2.45) is 11.8 Å². The molecule has 1 aromatic rings. The number of alkyl halides is 1. The Morgan fingerprint density at radius 1 is 1.48 bits per heavy atom. The fourth-order valence-corrected chi connectivity index (χ4v) is 4.66. The molecule has 1 saturated carbocycles. The van der Waals surface area contributed by atoms with Crippen molar-refractivity contribution in [3.05, 3.63) is 34.0 Å². The molecule has 1 fully saturated rings. The van der Waals surface area contributed by atoms with Crippen LogP contribution >= 0.6 is 22.9 Å². The number of aromatic carboxylic acids is 1. The third kappa shape index (κ3) is 5.07. The van der Waals surface area contributed by atoms with Crippen LogP contribution in [0.15, 0.2) is 24.3 Å². The van der Waals surface area contributed by atoms with E-state index >= 15 is 0 Å². The van der Waals surface area contributed by atoms with E-state index in [2.05, 4.69) is 19.1 Å². The highest BCUT2D eigenvalue weighted by molar-refractivity contribution is 7.13. The van der Waals surface area contributed by atoms with Crippen LogP contribution in [0.25, 0.3) is 0 Å². The molecule has 4 atom stereocenters. The van der Waals surface area contributed by atoms with Crippen molar-refractivity contribution in [1.82, 2.24) is 0 Å². The van der Waals surface area contributed by atoms with Crippen molar-refractivity contribution in [2.45, 2.75) is 56.9 Å². The fourth-order valence-electron chi connectivity index (χ4n) is 3.29. The molecule has 0 spiro atoms. The Kier molecular flexibility index (Phi) is 7.12. The van der Waals surface area contributed by atoms with Crippen molar-refractivity contribution in [1.29, 1.82) is 0 Å². The number of carboxylic acid groups (broad SMARTS) is 1. The first kappa shape index (κ1) is 18.5. The zero-order valence-electron chi connectivity index (χ0n) is 13.5. The molecular formula is C18H25ClO3S. The van der Waals surface area contributed by atoms with Gasteiger partial charge >= 0.3 is 5.97 Å². The van der Waals surface area contributed by atoms with E-state index in [1.54, 1.807) is 6.07 Å². The lowest BCUT2D eigenvalue weighted by molar-refractivity contribution is 0.0702. The Hall–Kier alpha value is -0.840. The van der Waals surface area contributed by atoms with Crippen molar-refractivity contribution in [3.63, 3.8) is 0 Å². The zero-order valence-corrected chi connectivity index (χ0v) is 15.0. The maximum absolute atomic E-state index is 10.9. The van der Waals surface area contributed by atoms with E-state index in [4.69, 9.17) is 16.7 Å². The second-order valence-corrected chi connectivity index (χ2v) is 7.97. The van der Waals surface area contributed by atoms with Crippen LogP contribution in [0, 0.1) is 11.8 Å². The topological polar surface area (TPSA) is 57.5 Å². The number of aliphatic hydroxyl groups is 1. The number of unbranched alkanes of at least 4 members (excludes halogenated alkanes) is 1. The molecule has 5 heteroatoms. The molecule has 1 aliphatic rings. The standard InChI is InChI=1S/C18H25ClO3S/c1-2-3-4-7-14-13(15(19)11-16(14)20)8-5-6-12-9-10-17(23-12)18(21)22/h4,7,9-10,13-16,20H,2-3,5-6,8,11H2,1H3,(H,21,22)/t13-,14-,15-,16-/m1/s1. The summed E-state index contributed by atoms with van der Waals surface area (Å²) < 4.78 is 0. The molecule has 0 saturated heterocycles. The van der Waals surface area contributed by atoms with E-state index in [9.17, 15) is 9.90 Å². The van der Waals surface area contributed by atoms with Gasteiger partial charge in [0.05, 0.1) is 6.10 Å². The number of aryl methyl sites for hydroxylation is 1. The summed E-state index contributed by atoms with van der Waals surface area (Å²) in [5.41, 5.74) is 0. The number of carbonyl (C=O) groups is 1. The van der Waals surface area contributed by atoms with Crippen molar-refractivity contribution >= 4 is 28.9 Å². The summed E-state index contributed by atoms with van der Waals surface area (Å²) in [4.78, 5) is 12.4. The smallest absolute Gasteiger partial charge is 0.345 e. The van der Waals surface area contributed by atoms with Crippen LogP contribution in [0.5, 0.6) is 0 Å². The molecule has 0 aliphatic heterocycles. The molecule has 3 nitrogen and oxygen atoms in total. The first-order valence-corrected chi connectivity index (χ1v) is 9.59. The van der Waals surface area contributed by atoms with Gasteiger partial charge in [0, 0.05) is 16.2 Å². The summed E-state index contributed by atoms with van der Waals surface area (Å²) in [5.74, 6) is -0.400. The molecule has 0 radical (unpaired) electrons. The lowest BCUT2D eigenvalue weighted by Crippen LogP contribution is -2.18. The summed E-state index contributed by atoms with van der Waals surface area (Å²) in [6, 6.07) is 3.57. The third-order valence-electron chi connectivity index (χ3n) is 4.52. The van der Waals surface area contributed by atoms with Crippen LogP contribution in [0.2, 0.25) is 0 Å². The molecule has 23 heavy (non-hydrogen) atoms. The maximum Gasteiger partial charge on any atom is 0.345 e. The predicted octanol–water partition coefficient (Wildman–Crippen LogP) is 4.73. The first-order chi connectivity index (χ1) is 11.0. The number of rotatable bonds is 8. The number of hydrogen-bond acceptors (Lipinski definition) is 3. The molecule has 2 rings (SSSR count). The number of thiophene rings is 1. The highest BCUT2D eigenvalue weighted by Crippen LogP contribution is 2.40. The highest BCUT2D eigenvalue weighted by atomic mass is 35.5. The minimum Gasteiger partial charge on any atom is -0.477 e. The van der Waals surface area contributed by atoms with Crippen LogP contribution < -0.4 is 0 Å². The lowest BCUT2D eigenvalue weighted by Gasteiger charge is -2.20. The molecular weight excluding hydrogens is 332 g/mol. The van der Waals surface area contributed by atoms with Gasteiger partial charge in [0.1, 0.15) is 4.88 Å². The molecule has 128 valence electrons. The van der Waals surface area contributed by atoms with Crippen molar-refractivity contribution in [3.8, 4) is 0 Å². The van der Waals surface area contributed by atoms with Crippen molar-refractivity contribution in [2.75, 3.05) is 0 Å². The molecule has 0 aromatic carbocycles. The minimum atomic E-state index is -0.859. The van der Waals surface area contributed by atoms with Crippen LogP contribution in [0.4, 0.5) is 0 Å². The summed E-state index contributed by atoms with van der Waals surface area (Å²) in [6.45, 7) is 2.14. The number of hydrogen-bond donors (Lipinski definition) is 2. The van der Waals surface area contributed by atoms with Crippen LogP contribution in [0.1, 0.15) is 53.6 Å². The molecule has 1 aliphatic carbocycles. The largest absolute Gasteiger partial charge is 0.477 e. The average Bonchev–Trinajstić information content (AvgIpc) is 3.07. The Morgan fingerprint density at radius 3 is 2.91 bits per heavy atom. The van der Waals surface area contributed by atoms with Crippen LogP contribution in [-0.2, 0) is 6.42 Å². The van der Waals surface area contributed by atoms with Gasteiger partial charge in [-0.1, -0.05) is 25.5 Å². The van der Waals surface area contributed by atoms with Gasteiger partial charge in [-0.2, -0.15) is 0 Å². The molecule has 0 unspecified atom stereocenters. The summed E-state index contributed by atoms with van der Waals surface area (Å²) in [6.07, 6.45) is 9.59. The summed E-state index contributed by atoms with van der Waals surface area (Å²) >= 11 is 7.79. The van der Waals surface area contributed by atoms with Crippen LogP contribution in [-0.4, -0.2) is 27.7 Å². The Balaban J connectivity index is 1.87. The SMILES string of the molecule is CCCC=C[C@@H]1[C@@H](CCCc2ccc(C(=O)O)s2)[C@H](Cl)C[C@H]1O. The second kappa shape index (κ2) is 8.86. The highest BCUT2D eigenvalue weighted by Gasteiger charge is 2.39. The summed E-state index contributed by atoms with van der Waals surface area (Å²) in [5, 5.41) is 19.2. The van der Waals surface area contributed by atoms with Gasteiger partial charge in [0.15, 0.2) is 0 Å². The quantitative estimate of drug-likeness (QED) is 0.523. The Morgan fingerprint density at radius 2 is 2.26 bits per heavy atom. The number of allylic oxidation sites excluding steroid dienone is 1. The van der Waals surface area contributed by atoms with E-state index in [1.807, 2.05) is 6.07 Å². The second-order valence-electron chi connectivity index (χ2n) is 6.24. The number of carboxylic acids is 1. The molecule has 1 aromatic heterocycles. The van der Waals surface area contributed by atoms with Gasteiger partial charge in [-0.15, -0.1) is 22.9 Å². The van der Waals surface area contributed by atoms with Gasteiger partial charge in [-0.05, 0) is 50.2 Å². The van der Waals surface area contributed by atoms with E-state index in [-0.39, 0.29) is 17.4 Å². The number of halogens is 1. The van der Waals surface area contributed by atoms with Gasteiger partial charge in [-0.25, -0.2) is 4.79 Å². The Labute approximate surface area is 147 Å². The van der Waals surface area contributed by atoms with Gasteiger partial charge in [0.2, 0.25) is 0 Å². The zero-order chi connectivity index (χ0) is 16.8. The normalized spacial score (nSPS) is 27.8. The molecule has 0 amide bonds. The monoisotopic (exact) mass is 356 g/mol. The van der Waals surface area contributed by atoms with E-state index < -0.39 is 5.97 Å². The minimum absolute atomic E-state index is 0.0270. The maximum atomic E-state index is 10.9. The molecule has 2 N–H and O–H groups in total. The first-order valence-electron chi connectivity index (χ1n) is 8.33. The van der Waals surface area contributed by atoms with E-state index in [0.29, 0.717) is 17.2 Å². The Bertz CT molecular complexity index is 540. The number of aliphatic hydroxyl groups excluding tert-OH is 1. The molecule has 1 heterocycles. The average molecular weight is 357 g/mol. The van der Waals surface area contributed by atoms with Gasteiger partial charge in [-0.3, -0.25) is 0 Å². The predicted molar refractivity (Wildman–Crippen MR) is 95.5 cm³/mol.